The van der Waals surface area contributed by atoms with Crippen LogP contribution in [0.2, 0.25) is 0 Å². The van der Waals surface area contributed by atoms with Crippen LogP contribution in [0.1, 0.15) is 13.3 Å². The molecular formula is C15H28N4O8S. The van der Waals surface area contributed by atoms with Crippen molar-refractivity contribution in [3.63, 3.8) is 0 Å². The Morgan fingerprint density at radius 2 is 1.36 bits per heavy atom. The molecule has 0 aromatic heterocycles. The maximum Gasteiger partial charge on any atom is 0.326 e. The minimum atomic E-state index is -1.50. The third kappa shape index (κ3) is 8.84. The Morgan fingerprint density at radius 1 is 0.929 bits per heavy atom. The molecule has 5 unspecified atom stereocenters. The molecule has 9 N–H and O–H groups in total. The van der Waals surface area contributed by atoms with Gasteiger partial charge in [0.05, 0.1) is 19.3 Å². The highest BCUT2D eigenvalue weighted by molar-refractivity contribution is 7.98. The molecule has 0 radical (unpaired) electrons. The molecule has 162 valence electrons. The van der Waals surface area contributed by atoms with E-state index in [4.69, 9.17) is 10.8 Å². The van der Waals surface area contributed by atoms with E-state index >= 15 is 0 Å². The second kappa shape index (κ2) is 13.3. The van der Waals surface area contributed by atoms with E-state index in [1.54, 1.807) is 6.26 Å². The Hall–Kier alpha value is -1.93. The smallest absolute Gasteiger partial charge is 0.326 e. The summed E-state index contributed by atoms with van der Waals surface area (Å²) >= 11 is 1.39. The van der Waals surface area contributed by atoms with Crippen LogP contribution in [0.3, 0.4) is 0 Å². The molecule has 3 amide bonds. The van der Waals surface area contributed by atoms with Crippen LogP contribution in [-0.4, -0.2) is 99.6 Å². The molecule has 5 atom stereocenters. The Morgan fingerprint density at radius 3 is 1.71 bits per heavy atom. The SMILES string of the molecule is CSCCC(NC(=O)C(CO)NC(=O)C(CO)NC(=O)C(N)C(C)O)C(=O)O. The number of nitrogens with two attached hydrogens (primary N) is 1. The molecule has 0 aliphatic carbocycles. The molecule has 0 aromatic rings. The third-order valence-corrected chi connectivity index (χ3v) is 4.32. The first-order valence-electron chi connectivity index (χ1n) is 8.37. The van der Waals surface area contributed by atoms with Crippen molar-refractivity contribution in [2.75, 3.05) is 25.2 Å². The molecule has 12 nitrogen and oxygen atoms in total. The topological polar surface area (TPSA) is 211 Å². The van der Waals surface area contributed by atoms with Gasteiger partial charge in [-0.25, -0.2) is 4.79 Å². The zero-order valence-electron chi connectivity index (χ0n) is 15.6. The van der Waals surface area contributed by atoms with E-state index in [1.165, 1.54) is 18.7 Å². The van der Waals surface area contributed by atoms with Crippen LogP contribution in [0, 0.1) is 0 Å². The molecule has 0 aliphatic heterocycles. The number of carboxylic acids is 1. The standard InChI is InChI=1S/C15H28N4O8S/c1-7(22)11(16)14(25)19-10(6-21)13(24)18-9(5-20)12(23)17-8(15(26)27)3-4-28-2/h7-11,20-22H,3-6,16H2,1-2H3,(H,17,23)(H,18,24)(H,19,25)(H,26,27). The van der Waals surface area contributed by atoms with Crippen molar-refractivity contribution in [1.29, 1.82) is 0 Å². The van der Waals surface area contributed by atoms with Gasteiger partial charge in [-0.15, -0.1) is 0 Å². The lowest BCUT2D eigenvalue weighted by molar-refractivity contribution is -0.142. The van der Waals surface area contributed by atoms with Crippen LogP contribution in [-0.2, 0) is 19.2 Å². The maximum absolute atomic E-state index is 12.2. The first-order chi connectivity index (χ1) is 13.1. The molecule has 0 saturated carbocycles. The number of hydrogen-bond acceptors (Lipinski definition) is 9. The van der Waals surface area contributed by atoms with Crippen LogP contribution in [0.4, 0.5) is 0 Å². The minimum absolute atomic E-state index is 0.140. The molecule has 0 aromatic carbocycles. The summed E-state index contributed by atoms with van der Waals surface area (Å²) < 4.78 is 0. The average Bonchev–Trinajstić information content (AvgIpc) is 2.65. The van der Waals surface area contributed by atoms with Crippen molar-refractivity contribution in [3.8, 4) is 0 Å². The van der Waals surface area contributed by atoms with Crippen molar-refractivity contribution < 1.29 is 39.6 Å². The summed E-state index contributed by atoms with van der Waals surface area (Å²) in [6, 6.07) is -5.54. The monoisotopic (exact) mass is 424 g/mol. The zero-order valence-corrected chi connectivity index (χ0v) is 16.4. The van der Waals surface area contributed by atoms with Crippen molar-refractivity contribution in [2.24, 2.45) is 5.73 Å². The molecule has 0 rings (SSSR count). The van der Waals surface area contributed by atoms with Gasteiger partial charge in [0, 0.05) is 0 Å². The fourth-order valence-electron chi connectivity index (χ4n) is 1.91. The second-order valence-electron chi connectivity index (χ2n) is 5.93. The predicted molar refractivity (Wildman–Crippen MR) is 100 cm³/mol. The number of carbonyl (C=O) groups excluding carboxylic acids is 3. The number of amides is 3. The fraction of sp³-hybridized carbons (Fsp3) is 0.733. The predicted octanol–water partition coefficient (Wildman–Crippen LogP) is -4.03. The first kappa shape index (κ1) is 26.1. The lowest BCUT2D eigenvalue weighted by Crippen LogP contribution is -2.59. The normalized spacial score (nSPS) is 16.2. The Balaban J connectivity index is 4.95. The number of rotatable bonds is 13. The summed E-state index contributed by atoms with van der Waals surface area (Å²) in [6.07, 6.45) is 0.707. The van der Waals surface area contributed by atoms with Gasteiger partial charge in [-0.05, 0) is 25.4 Å². The molecule has 0 bridgehead atoms. The summed E-state index contributed by atoms with van der Waals surface area (Å²) in [5, 5.41) is 43.5. The highest BCUT2D eigenvalue weighted by Crippen LogP contribution is 2.02. The van der Waals surface area contributed by atoms with E-state index in [9.17, 15) is 34.5 Å². The molecule has 0 heterocycles. The van der Waals surface area contributed by atoms with Gasteiger partial charge < -0.3 is 42.1 Å². The van der Waals surface area contributed by atoms with E-state index in [2.05, 4.69) is 16.0 Å². The van der Waals surface area contributed by atoms with E-state index in [1.807, 2.05) is 0 Å². The quantitative estimate of drug-likeness (QED) is 0.143. The number of carbonyl (C=O) groups is 4. The fourth-order valence-corrected chi connectivity index (χ4v) is 2.38. The van der Waals surface area contributed by atoms with E-state index in [-0.39, 0.29) is 6.42 Å². The summed E-state index contributed by atoms with van der Waals surface area (Å²) in [5.74, 6) is -3.64. The van der Waals surface area contributed by atoms with Gasteiger partial charge in [0.1, 0.15) is 24.2 Å². The van der Waals surface area contributed by atoms with Crippen LogP contribution < -0.4 is 21.7 Å². The number of aliphatic hydroxyl groups excluding tert-OH is 3. The molecule has 0 fully saturated rings. The number of aliphatic carboxylic acids is 1. The number of hydrogen-bond donors (Lipinski definition) is 8. The van der Waals surface area contributed by atoms with Gasteiger partial charge in [-0.1, -0.05) is 0 Å². The van der Waals surface area contributed by atoms with Crippen LogP contribution in [0.25, 0.3) is 0 Å². The van der Waals surface area contributed by atoms with E-state index in [0.717, 1.165) is 0 Å². The molecule has 28 heavy (non-hydrogen) atoms. The third-order valence-electron chi connectivity index (χ3n) is 3.68. The number of thioether (sulfide) groups is 1. The lowest BCUT2D eigenvalue weighted by Gasteiger charge is -2.23. The Bertz CT molecular complexity index is 548. The van der Waals surface area contributed by atoms with E-state index < -0.39 is 67.2 Å². The minimum Gasteiger partial charge on any atom is -0.480 e. The maximum atomic E-state index is 12.2. The van der Waals surface area contributed by atoms with Crippen molar-refractivity contribution >= 4 is 35.5 Å². The molecule has 0 saturated heterocycles. The second-order valence-corrected chi connectivity index (χ2v) is 6.92. The number of aliphatic hydroxyl groups is 3. The molecule has 0 spiro atoms. The first-order valence-corrected chi connectivity index (χ1v) is 9.76. The van der Waals surface area contributed by atoms with Crippen LogP contribution >= 0.6 is 11.8 Å². The Labute approximate surface area is 166 Å². The summed E-state index contributed by atoms with van der Waals surface area (Å²) in [5.41, 5.74) is 5.43. The largest absolute Gasteiger partial charge is 0.480 e. The van der Waals surface area contributed by atoms with Gasteiger partial charge in [0.25, 0.3) is 0 Å². The zero-order chi connectivity index (χ0) is 21.9. The van der Waals surface area contributed by atoms with Crippen molar-refractivity contribution in [2.45, 2.75) is 43.6 Å². The highest BCUT2D eigenvalue weighted by atomic mass is 32.2. The van der Waals surface area contributed by atoms with E-state index in [0.29, 0.717) is 5.75 Å². The van der Waals surface area contributed by atoms with Gasteiger partial charge >= 0.3 is 5.97 Å². The molecule has 13 heteroatoms. The van der Waals surface area contributed by atoms with Gasteiger partial charge in [0.2, 0.25) is 17.7 Å². The van der Waals surface area contributed by atoms with Gasteiger partial charge in [0.15, 0.2) is 0 Å². The summed E-state index contributed by atoms with van der Waals surface area (Å²) in [4.78, 5) is 47.3. The van der Waals surface area contributed by atoms with Gasteiger partial charge in [-0.3, -0.25) is 14.4 Å². The van der Waals surface area contributed by atoms with Gasteiger partial charge in [-0.2, -0.15) is 11.8 Å². The Kier molecular flexibility index (Phi) is 12.4. The van der Waals surface area contributed by atoms with Crippen LogP contribution in [0.5, 0.6) is 0 Å². The molecule has 0 aliphatic rings. The average molecular weight is 424 g/mol. The van der Waals surface area contributed by atoms with Crippen LogP contribution in [0.15, 0.2) is 0 Å². The number of carboxylic acid groups (broad SMARTS) is 1. The summed E-state index contributed by atoms with van der Waals surface area (Å²) in [6.45, 7) is -0.415. The highest BCUT2D eigenvalue weighted by Gasteiger charge is 2.30. The summed E-state index contributed by atoms with van der Waals surface area (Å²) in [7, 11) is 0. The van der Waals surface area contributed by atoms with Crippen molar-refractivity contribution in [1.82, 2.24) is 16.0 Å². The van der Waals surface area contributed by atoms with Crippen molar-refractivity contribution in [3.05, 3.63) is 0 Å². The lowest BCUT2D eigenvalue weighted by atomic mass is 10.1. The molecular weight excluding hydrogens is 396 g/mol. The number of nitrogens with one attached hydrogen (secondary N) is 3.